The van der Waals surface area contributed by atoms with E-state index in [2.05, 4.69) is 6.92 Å². The quantitative estimate of drug-likeness (QED) is 0.673. The maximum Gasteiger partial charge on any atom is 0.245 e. The average Bonchev–Trinajstić information content (AvgIpc) is 2.63. The lowest BCUT2D eigenvalue weighted by Crippen LogP contribution is -2.49. The Hall–Kier alpha value is -1.10. The van der Waals surface area contributed by atoms with E-state index in [1.165, 1.54) is 0 Å². The van der Waals surface area contributed by atoms with Gasteiger partial charge in [0.2, 0.25) is 11.8 Å². The Balaban J connectivity index is 1.80. The summed E-state index contributed by atoms with van der Waals surface area (Å²) in [5.41, 5.74) is 0. The van der Waals surface area contributed by atoms with Crippen molar-refractivity contribution in [3.63, 3.8) is 0 Å². The van der Waals surface area contributed by atoms with Crippen LogP contribution in [0.4, 0.5) is 0 Å². The van der Waals surface area contributed by atoms with Gasteiger partial charge in [0.1, 0.15) is 6.04 Å². The van der Waals surface area contributed by atoms with Gasteiger partial charge in [0, 0.05) is 39.3 Å². The smallest absolute Gasteiger partial charge is 0.245 e. The van der Waals surface area contributed by atoms with Crippen molar-refractivity contribution in [2.24, 2.45) is 0 Å². The topological polar surface area (TPSA) is 49.9 Å². The molecule has 0 spiro atoms. The summed E-state index contributed by atoms with van der Waals surface area (Å²) in [6.07, 6.45) is 6.47. The molecule has 0 aromatic carbocycles. The van der Waals surface area contributed by atoms with Crippen LogP contribution in [-0.4, -0.2) is 60.5 Å². The molecule has 2 saturated heterocycles. The second kappa shape index (κ2) is 8.37. The molecule has 0 aromatic rings. The average molecular weight is 296 g/mol. The fraction of sp³-hybridized carbons (Fsp3) is 0.875. The number of hydrogen-bond donors (Lipinski definition) is 0. The molecule has 2 aliphatic rings. The van der Waals surface area contributed by atoms with Crippen LogP contribution in [0.15, 0.2) is 0 Å². The lowest BCUT2D eigenvalue weighted by atomic mass is 10.0. The molecule has 1 unspecified atom stereocenters. The van der Waals surface area contributed by atoms with Crippen LogP contribution in [0.3, 0.4) is 0 Å². The lowest BCUT2D eigenvalue weighted by molar-refractivity contribution is -0.143. The number of unbranched alkanes of at least 4 members (excludes halogenated alkanes) is 1. The van der Waals surface area contributed by atoms with Gasteiger partial charge < -0.3 is 14.5 Å². The van der Waals surface area contributed by atoms with Crippen LogP contribution in [0, 0.1) is 0 Å². The number of fused-ring (bicyclic) bond motifs is 1. The largest absolute Gasteiger partial charge is 0.381 e. The summed E-state index contributed by atoms with van der Waals surface area (Å²) in [5, 5.41) is 0. The van der Waals surface area contributed by atoms with E-state index in [0.29, 0.717) is 26.1 Å². The predicted octanol–water partition coefficient (Wildman–Crippen LogP) is 1.81. The molecule has 1 atom stereocenters. The molecule has 0 N–H and O–H groups in total. The highest BCUT2D eigenvalue weighted by atomic mass is 16.5. The molecule has 2 amide bonds. The fourth-order valence-corrected chi connectivity index (χ4v) is 3.11. The molecule has 0 aliphatic carbocycles. The van der Waals surface area contributed by atoms with E-state index in [9.17, 15) is 9.59 Å². The van der Waals surface area contributed by atoms with E-state index in [1.807, 2.05) is 9.80 Å². The molecule has 5 heteroatoms. The summed E-state index contributed by atoms with van der Waals surface area (Å²) >= 11 is 0. The molecule has 0 bridgehead atoms. The van der Waals surface area contributed by atoms with Crippen molar-refractivity contribution in [3.8, 4) is 0 Å². The SMILES string of the molecule is CCCCOCCCN1CCC(=O)N2CCCCC2C1=O. The standard InChI is InChI=1S/C16H28N2O3/c1-2-3-12-21-13-6-9-17-11-8-15(19)18-10-5-4-7-14(18)16(17)20/h14H,2-13H2,1H3. The van der Waals surface area contributed by atoms with Crippen molar-refractivity contribution in [2.45, 2.75) is 57.9 Å². The van der Waals surface area contributed by atoms with Gasteiger partial charge in [-0.25, -0.2) is 0 Å². The first-order valence-corrected chi connectivity index (χ1v) is 8.40. The van der Waals surface area contributed by atoms with Crippen LogP contribution in [0.25, 0.3) is 0 Å². The highest BCUT2D eigenvalue weighted by Crippen LogP contribution is 2.22. The monoisotopic (exact) mass is 296 g/mol. The van der Waals surface area contributed by atoms with E-state index in [-0.39, 0.29) is 17.9 Å². The van der Waals surface area contributed by atoms with Gasteiger partial charge in [-0.1, -0.05) is 13.3 Å². The van der Waals surface area contributed by atoms with E-state index >= 15 is 0 Å². The molecular weight excluding hydrogens is 268 g/mol. The van der Waals surface area contributed by atoms with Gasteiger partial charge in [-0.3, -0.25) is 9.59 Å². The van der Waals surface area contributed by atoms with Gasteiger partial charge in [0.25, 0.3) is 0 Å². The fourth-order valence-electron chi connectivity index (χ4n) is 3.11. The summed E-state index contributed by atoms with van der Waals surface area (Å²) in [7, 11) is 0. The van der Waals surface area contributed by atoms with Gasteiger partial charge in [0.05, 0.1) is 0 Å². The summed E-state index contributed by atoms with van der Waals surface area (Å²) in [6, 6.07) is -0.199. The molecule has 2 fully saturated rings. The van der Waals surface area contributed by atoms with E-state index in [0.717, 1.165) is 51.7 Å². The molecule has 2 rings (SSSR count). The van der Waals surface area contributed by atoms with Crippen LogP contribution in [-0.2, 0) is 14.3 Å². The van der Waals surface area contributed by atoms with Gasteiger partial charge in [-0.05, 0) is 32.1 Å². The molecule has 21 heavy (non-hydrogen) atoms. The van der Waals surface area contributed by atoms with Crippen LogP contribution in [0.5, 0.6) is 0 Å². The van der Waals surface area contributed by atoms with Crippen LogP contribution in [0.1, 0.15) is 51.9 Å². The van der Waals surface area contributed by atoms with Crippen molar-refractivity contribution in [2.75, 3.05) is 32.8 Å². The number of piperidine rings is 1. The Morgan fingerprint density at radius 2 is 1.95 bits per heavy atom. The zero-order chi connectivity index (χ0) is 15.1. The molecule has 0 radical (unpaired) electrons. The first kappa shape index (κ1) is 16.3. The number of rotatable bonds is 7. The third-order valence-electron chi connectivity index (χ3n) is 4.37. The molecule has 0 saturated carbocycles. The Morgan fingerprint density at radius 1 is 1.14 bits per heavy atom. The van der Waals surface area contributed by atoms with Crippen LogP contribution in [0.2, 0.25) is 0 Å². The maximum absolute atomic E-state index is 12.6. The predicted molar refractivity (Wildman–Crippen MR) is 80.9 cm³/mol. The lowest BCUT2D eigenvalue weighted by Gasteiger charge is -2.34. The van der Waals surface area contributed by atoms with Crippen LogP contribution < -0.4 is 0 Å². The molecule has 2 heterocycles. The summed E-state index contributed by atoms with van der Waals surface area (Å²) < 4.78 is 5.54. The number of carbonyl (C=O) groups excluding carboxylic acids is 2. The molecular formula is C16H28N2O3. The zero-order valence-corrected chi connectivity index (χ0v) is 13.2. The minimum Gasteiger partial charge on any atom is -0.381 e. The van der Waals surface area contributed by atoms with Crippen molar-refractivity contribution in [3.05, 3.63) is 0 Å². The zero-order valence-electron chi connectivity index (χ0n) is 13.2. The number of ether oxygens (including phenoxy) is 1. The number of nitrogens with zero attached hydrogens (tertiary/aromatic N) is 2. The maximum atomic E-state index is 12.6. The highest BCUT2D eigenvalue weighted by molar-refractivity contribution is 5.90. The van der Waals surface area contributed by atoms with Gasteiger partial charge in [0.15, 0.2) is 0 Å². The van der Waals surface area contributed by atoms with Crippen LogP contribution >= 0.6 is 0 Å². The second-order valence-electron chi connectivity index (χ2n) is 5.99. The van der Waals surface area contributed by atoms with E-state index < -0.39 is 0 Å². The Labute approximate surface area is 127 Å². The Kier molecular flexibility index (Phi) is 6.49. The summed E-state index contributed by atoms with van der Waals surface area (Å²) in [6.45, 7) is 5.68. The van der Waals surface area contributed by atoms with Gasteiger partial charge in [-0.2, -0.15) is 0 Å². The van der Waals surface area contributed by atoms with Crippen molar-refractivity contribution in [1.29, 1.82) is 0 Å². The number of carbonyl (C=O) groups is 2. The molecule has 0 aromatic heterocycles. The third-order valence-corrected chi connectivity index (χ3v) is 4.37. The van der Waals surface area contributed by atoms with Gasteiger partial charge in [-0.15, -0.1) is 0 Å². The number of amides is 2. The van der Waals surface area contributed by atoms with E-state index in [4.69, 9.17) is 4.74 Å². The third kappa shape index (κ3) is 4.43. The van der Waals surface area contributed by atoms with Gasteiger partial charge >= 0.3 is 0 Å². The summed E-state index contributed by atoms with van der Waals surface area (Å²) in [5.74, 6) is 0.295. The van der Waals surface area contributed by atoms with E-state index in [1.54, 1.807) is 0 Å². The minimum atomic E-state index is -0.199. The first-order chi connectivity index (χ1) is 10.2. The first-order valence-electron chi connectivity index (χ1n) is 8.40. The van der Waals surface area contributed by atoms with Crippen molar-refractivity contribution >= 4 is 11.8 Å². The second-order valence-corrected chi connectivity index (χ2v) is 5.99. The Morgan fingerprint density at radius 3 is 2.76 bits per heavy atom. The Bertz CT molecular complexity index is 359. The minimum absolute atomic E-state index is 0.147. The summed E-state index contributed by atoms with van der Waals surface area (Å²) in [4.78, 5) is 28.4. The van der Waals surface area contributed by atoms with Crippen molar-refractivity contribution < 1.29 is 14.3 Å². The number of hydrogen-bond acceptors (Lipinski definition) is 3. The normalized spacial score (nSPS) is 23.2. The molecule has 5 nitrogen and oxygen atoms in total. The highest BCUT2D eigenvalue weighted by Gasteiger charge is 2.37. The molecule has 120 valence electrons. The molecule has 2 aliphatic heterocycles. The van der Waals surface area contributed by atoms with Crippen molar-refractivity contribution in [1.82, 2.24) is 9.80 Å².